The molecular formula is C9H6ClNO3. The second-order valence-corrected chi connectivity index (χ2v) is 3.24. The van der Waals surface area contributed by atoms with Crippen LogP contribution in [-0.2, 0) is 4.79 Å². The van der Waals surface area contributed by atoms with Gasteiger partial charge in [-0.15, -0.1) is 0 Å². The van der Waals surface area contributed by atoms with Crippen molar-refractivity contribution in [2.75, 3.05) is 11.9 Å². The second kappa shape index (κ2) is 3.31. The smallest absolute Gasteiger partial charge is 0.262 e. The summed E-state index contributed by atoms with van der Waals surface area (Å²) in [4.78, 5) is 21.5. The molecule has 0 aliphatic carbocycles. The molecule has 1 aliphatic rings. The Morgan fingerprint density at radius 2 is 2.29 bits per heavy atom. The summed E-state index contributed by atoms with van der Waals surface area (Å²) in [6, 6.07) is 3.01. The summed E-state index contributed by atoms with van der Waals surface area (Å²) in [6.07, 6.45) is 0.660. The van der Waals surface area contributed by atoms with Gasteiger partial charge in [0.05, 0.1) is 10.7 Å². The van der Waals surface area contributed by atoms with Crippen molar-refractivity contribution >= 4 is 29.5 Å². The molecule has 1 aromatic rings. The zero-order valence-corrected chi connectivity index (χ0v) is 7.80. The normalized spacial score (nSPS) is 13.9. The van der Waals surface area contributed by atoms with E-state index >= 15 is 0 Å². The Hall–Kier alpha value is -1.55. The Balaban J connectivity index is 2.53. The van der Waals surface area contributed by atoms with Crippen LogP contribution in [0.1, 0.15) is 10.4 Å². The van der Waals surface area contributed by atoms with Crippen LogP contribution in [0.2, 0.25) is 5.02 Å². The SMILES string of the molecule is O=Cc1cc(Cl)c2c(c1)NC(=O)CO2. The van der Waals surface area contributed by atoms with E-state index in [-0.39, 0.29) is 12.5 Å². The molecule has 1 aliphatic heterocycles. The molecule has 0 fully saturated rings. The fraction of sp³-hybridized carbons (Fsp3) is 0.111. The maximum atomic E-state index is 11.0. The lowest BCUT2D eigenvalue weighted by Crippen LogP contribution is -2.25. The van der Waals surface area contributed by atoms with Crippen LogP contribution in [0.5, 0.6) is 5.75 Å². The van der Waals surface area contributed by atoms with Crippen molar-refractivity contribution in [1.29, 1.82) is 0 Å². The summed E-state index contributed by atoms with van der Waals surface area (Å²) >= 11 is 5.84. The van der Waals surface area contributed by atoms with E-state index in [0.29, 0.717) is 28.3 Å². The van der Waals surface area contributed by atoms with Gasteiger partial charge >= 0.3 is 0 Å². The van der Waals surface area contributed by atoms with Crippen LogP contribution in [0.15, 0.2) is 12.1 Å². The van der Waals surface area contributed by atoms with Crippen LogP contribution in [0, 0.1) is 0 Å². The number of carbonyl (C=O) groups is 2. The van der Waals surface area contributed by atoms with Gasteiger partial charge in [0.2, 0.25) is 0 Å². The molecule has 5 heteroatoms. The van der Waals surface area contributed by atoms with Crippen molar-refractivity contribution in [3.8, 4) is 5.75 Å². The van der Waals surface area contributed by atoms with Crippen LogP contribution in [0.4, 0.5) is 5.69 Å². The van der Waals surface area contributed by atoms with Crippen LogP contribution >= 0.6 is 11.6 Å². The minimum Gasteiger partial charge on any atom is -0.480 e. The predicted octanol–water partition coefficient (Wildman–Crippen LogP) is 1.48. The molecule has 2 rings (SSSR count). The number of hydrogen-bond acceptors (Lipinski definition) is 3. The molecule has 0 saturated heterocycles. The highest BCUT2D eigenvalue weighted by molar-refractivity contribution is 6.33. The molecule has 72 valence electrons. The number of benzene rings is 1. The average molecular weight is 212 g/mol. The molecule has 0 bridgehead atoms. The van der Waals surface area contributed by atoms with Crippen molar-refractivity contribution < 1.29 is 14.3 Å². The minimum atomic E-state index is -0.253. The summed E-state index contributed by atoms with van der Waals surface area (Å²) in [5, 5.41) is 2.89. The first kappa shape index (κ1) is 9.02. The van der Waals surface area contributed by atoms with Crippen LogP contribution in [-0.4, -0.2) is 18.8 Å². The Kier molecular flexibility index (Phi) is 2.13. The lowest BCUT2D eigenvalue weighted by atomic mass is 10.2. The molecule has 1 amide bonds. The monoisotopic (exact) mass is 211 g/mol. The van der Waals surface area contributed by atoms with Gasteiger partial charge in [0.15, 0.2) is 12.4 Å². The fourth-order valence-corrected chi connectivity index (χ4v) is 1.53. The summed E-state index contributed by atoms with van der Waals surface area (Å²) < 4.78 is 5.11. The highest BCUT2D eigenvalue weighted by Gasteiger charge is 2.19. The van der Waals surface area contributed by atoms with Crippen molar-refractivity contribution in [2.45, 2.75) is 0 Å². The second-order valence-electron chi connectivity index (χ2n) is 2.83. The van der Waals surface area contributed by atoms with Crippen molar-refractivity contribution in [1.82, 2.24) is 0 Å². The number of carbonyl (C=O) groups excluding carboxylic acids is 2. The highest BCUT2D eigenvalue weighted by Crippen LogP contribution is 2.35. The van der Waals surface area contributed by atoms with Gasteiger partial charge in [-0.2, -0.15) is 0 Å². The first-order chi connectivity index (χ1) is 6.70. The van der Waals surface area contributed by atoms with E-state index in [2.05, 4.69) is 5.32 Å². The number of amides is 1. The van der Waals surface area contributed by atoms with Gasteiger partial charge in [0.1, 0.15) is 6.29 Å². The van der Waals surface area contributed by atoms with Gasteiger partial charge in [-0.3, -0.25) is 9.59 Å². The largest absolute Gasteiger partial charge is 0.480 e. The molecule has 14 heavy (non-hydrogen) atoms. The van der Waals surface area contributed by atoms with E-state index in [4.69, 9.17) is 16.3 Å². The van der Waals surface area contributed by atoms with Crippen molar-refractivity contribution in [2.24, 2.45) is 0 Å². The Labute approximate surface area is 84.8 Å². The molecule has 1 heterocycles. The molecule has 0 unspecified atom stereocenters. The first-order valence-electron chi connectivity index (χ1n) is 3.92. The van der Waals surface area contributed by atoms with E-state index in [1.165, 1.54) is 12.1 Å². The molecular weight excluding hydrogens is 206 g/mol. The molecule has 0 spiro atoms. The summed E-state index contributed by atoms with van der Waals surface area (Å²) in [7, 11) is 0. The Bertz CT molecular complexity index is 417. The molecule has 0 radical (unpaired) electrons. The van der Waals surface area contributed by atoms with E-state index in [9.17, 15) is 9.59 Å². The van der Waals surface area contributed by atoms with Gasteiger partial charge < -0.3 is 10.1 Å². The molecule has 1 aromatic carbocycles. The van der Waals surface area contributed by atoms with Gasteiger partial charge in [0.25, 0.3) is 5.91 Å². The number of anilines is 1. The molecule has 0 saturated carbocycles. The highest BCUT2D eigenvalue weighted by atomic mass is 35.5. The van der Waals surface area contributed by atoms with E-state index in [1.807, 2.05) is 0 Å². The van der Waals surface area contributed by atoms with Gasteiger partial charge in [-0.25, -0.2) is 0 Å². The number of halogens is 1. The van der Waals surface area contributed by atoms with Crippen LogP contribution < -0.4 is 10.1 Å². The predicted molar refractivity (Wildman–Crippen MR) is 51.0 cm³/mol. The zero-order chi connectivity index (χ0) is 10.1. The lowest BCUT2D eigenvalue weighted by molar-refractivity contribution is -0.118. The fourth-order valence-electron chi connectivity index (χ4n) is 1.25. The maximum absolute atomic E-state index is 11.0. The summed E-state index contributed by atoms with van der Waals surface area (Å²) in [6.45, 7) is -0.0485. The Morgan fingerprint density at radius 1 is 1.50 bits per heavy atom. The number of hydrogen-bond donors (Lipinski definition) is 1. The molecule has 4 nitrogen and oxygen atoms in total. The summed E-state index contributed by atoms with van der Waals surface area (Å²) in [5.41, 5.74) is 0.843. The topological polar surface area (TPSA) is 55.4 Å². The quantitative estimate of drug-likeness (QED) is 0.716. The summed E-state index contributed by atoms with van der Waals surface area (Å²) in [5.74, 6) is 0.161. The Morgan fingerprint density at radius 3 is 3.00 bits per heavy atom. The number of ether oxygens (including phenoxy) is 1. The third-order valence-electron chi connectivity index (χ3n) is 1.82. The van der Waals surface area contributed by atoms with Gasteiger partial charge in [0, 0.05) is 5.56 Å². The number of fused-ring (bicyclic) bond motifs is 1. The van der Waals surface area contributed by atoms with E-state index in [0.717, 1.165) is 0 Å². The van der Waals surface area contributed by atoms with Crippen LogP contribution in [0.25, 0.3) is 0 Å². The van der Waals surface area contributed by atoms with Gasteiger partial charge in [-0.1, -0.05) is 11.6 Å². The molecule has 0 aromatic heterocycles. The molecule has 0 atom stereocenters. The standard InChI is InChI=1S/C9H6ClNO3/c10-6-1-5(3-12)2-7-9(6)14-4-8(13)11-7/h1-3H,4H2,(H,11,13). The average Bonchev–Trinajstić information content (AvgIpc) is 2.16. The first-order valence-corrected chi connectivity index (χ1v) is 4.30. The van der Waals surface area contributed by atoms with Crippen molar-refractivity contribution in [3.63, 3.8) is 0 Å². The zero-order valence-electron chi connectivity index (χ0n) is 7.04. The van der Waals surface area contributed by atoms with E-state index < -0.39 is 0 Å². The maximum Gasteiger partial charge on any atom is 0.262 e. The number of aldehydes is 1. The lowest BCUT2D eigenvalue weighted by Gasteiger charge is -2.18. The van der Waals surface area contributed by atoms with E-state index in [1.54, 1.807) is 0 Å². The third-order valence-corrected chi connectivity index (χ3v) is 2.10. The molecule has 1 N–H and O–H groups in total. The third kappa shape index (κ3) is 1.44. The number of rotatable bonds is 1. The number of nitrogens with one attached hydrogen (secondary N) is 1. The van der Waals surface area contributed by atoms with Crippen LogP contribution in [0.3, 0.4) is 0 Å². The van der Waals surface area contributed by atoms with Gasteiger partial charge in [-0.05, 0) is 12.1 Å². The van der Waals surface area contributed by atoms with Crippen molar-refractivity contribution in [3.05, 3.63) is 22.7 Å². The minimum absolute atomic E-state index is 0.0485.